The van der Waals surface area contributed by atoms with Crippen LogP contribution in [-0.2, 0) is 11.2 Å². The van der Waals surface area contributed by atoms with Crippen LogP contribution in [-0.4, -0.2) is 25.6 Å². The van der Waals surface area contributed by atoms with Gasteiger partial charge in [0.05, 0.1) is 19.8 Å². The largest absolute Gasteiger partial charge is 0.497 e. The van der Waals surface area contributed by atoms with Crippen molar-refractivity contribution in [2.75, 3.05) is 13.7 Å². The SMILES string of the molecule is COc1ccc2c(c1)C(NC(=O)OCCc1ccccc1)CCC2=O. The molecule has 0 saturated carbocycles. The normalized spacial score (nSPS) is 16.0. The molecule has 2 aromatic rings. The number of carbonyl (C=O) groups is 2. The highest BCUT2D eigenvalue weighted by atomic mass is 16.5. The van der Waals surface area contributed by atoms with Crippen LogP contribution in [0.5, 0.6) is 5.75 Å². The van der Waals surface area contributed by atoms with Gasteiger partial charge in [0.25, 0.3) is 0 Å². The first kappa shape index (κ1) is 17.0. The standard InChI is InChI=1S/C20H21NO4/c1-24-15-7-8-16-17(13-15)18(9-10-19(16)22)21-20(23)25-12-11-14-5-3-2-4-6-14/h2-8,13,18H,9-12H2,1H3,(H,21,23). The second-order valence-corrected chi connectivity index (χ2v) is 5.98. The Kier molecular flexibility index (Phi) is 5.33. The van der Waals surface area contributed by atoms with Crippen molar-refractivity contribution < 1.29 is 19.1 Å². The number of hydrogen-bond donors (Lipinski definition) is 1. The van der Waals surface area contributed by atoms with Crippen molar-refractivity contribution in [2.45, 2.75) is 25.3 Å². The average Bonchev–Trinajstić information content (AvgIpc) is 2.64. The van der Waals surface area contributed by atoms with Crippen LogP contribution in [0.25, 0.3) is 0 Å². The van der Waals surface area contributed by atoms with E-state index in [1.54, 1.807) is 25.3 Å². The Morgan fingerprint density at radius 3 is 2.76 bits per heavy atom. The van der Waals surface area contributed by atoms with Crippen molar-refractivity contribution in [1.29, 1.82) is 0 Å². The molecule has 0 spiro atoms. The predicted octanol–water partition coefficient (Wildman–Crippen LogP) is 3.68. The molecule has 5 nitrogen and oxygen atoms in total. The third kappa shape index (κ3) is 4.18. The molecule has 1 amide bonds. The number of amides is 1. The van der Waals surface area contributed by atoms with E-state index in [0.717, 1.165) is 11.1 Å². The summed E-state index contributed by atoms with van der Waals surface area (Å²) in [6.07, 6.45) is 1.17. The molecule has 0 aliphatic heterocycles. The van der Waals surface area contributed by atoms with Crippen LogP contribution in [0.3, 0.4) is 0 Å². The fourth-order valence-corrected chi connectivity index (χ4v) is 3.02. The van der Waals surface area contributed by atoms with Gasteiger partial charge < -0.3 is 14.8 Å². The van der Waals surface area contributed by atoms with E-state index in [2.05, 4.69) is 5.32 Å². The molecule has 3 rings (SSSR count). The second-order valence-electron chi connectivity index (χ2n) is 5.98. The van der Waals surface area contributed by atoms with Gasteiger partial charge in [-0.25, -0.2) is 4.79 Å². The maximum Gasteiger partial charge on any atom is 0.407 e. The van der Waals surface area contributed by atoms with Crippen LogP contribution in [0, 0.1) is 0 Å². The zero-order valence-corrected chi connectivity index (χ0v) is 14.2. The van der Waals surface area contributed by atoms with Gasteiger partial charge in [-0.3, -0.25) is 4.79 Å². The van der Waals surface area contributed by atoms with Crippen molar-refractivity contribution in [3.05, 3.63) is 65.2 Å². The monoisotopic (exact) mass is 339 g/mol. The molecule has 130 valence electrons. The van der Waals surface area contributed by atoms with Gasteiger partial charge in [-0.1, -0.05) is 30.3 Å². The van der Waals surface area contributed by atoms with E-state index in [-0.39, 0.29) is 11.8 Å². The predicted molar refractivity (Wildman–Crippen MR) is 93.9 cm³/mol. The van der Waals surface area contributed by atoms with E-state index in [0.29, 0.717) is 37.2 Å². The summed E-state index contributed by atoms with van der Waals surface area (Å²) in [5.74, 6) is 0.755. The number of rotatable bonds is 5. The van der Waals surface area contributed by atoms with Gasteiger partial charge in [0.2, 0.25) is 0 Å². The topological polar surface area (TPSA) is 64.6 Å². The Hall–Kier alpha value is -2.82. The van der Waals surface area contributed by atoms with Crippen molar-refractivity contribution >= 4 is 11.9 Å². The first-order chi connectivity index (χ1) is 12.2. The van der Waals surface area contributed by atoms with E-state index in [1.807, 2.05) is 30.3 Å². The summed E-state index contributed by atoms with van der Waals surface area (Å²) in [4.78, 5) is 24.2. The summed E-state index contributed by atoms with van der Waals surface area (Å²) in [6.45, 7) is 0.312. The van der Waals surface area contributed by atoms with E-state index in [9.17, 15) is 9.59 Å². The zero-order valence-electron chi connectivity index (χ0n) is 14.2. The average molecular weight is 339 g/mol. The van der Waals surface area contributed by atoms with Crippen LogP contribution < -0.4 is 10.1 Å². The number of ether oxygens (including phenoxy) is 2. The minimum atomic E-state index is -0.468. The van der Waals surface area contributed by atoms with Gasteiger partial charge >= 0.3 is 6.09 Å². The molecule has 5 heteroatoms. The number of fused-ring (bicyclic) bond motifs is 1. The number of Topliss-reactive ketones (excluding diaryl/α,β-unsaturated/α-hetero) is 1. The summed E-state index contributed by atoms with van der Waals surface area (Å²) in [6, 6.07) is 14.9. The molecular weight excluding hydrogens is 318 g/mol. The van der Waals surface area contributed by atoms with Crippen molar-refractivity contribution in [3.8, 4) is 5.75 Å². The number of alkyl carbamates (subject to hydrolysis) is 1. The minimum absolute atomic E-state index is 0.0909. The maximum absolute atomic E-state index is 12.1. The third-order valence-electron chi connectivity index (χ3n) is 4.35. The molecule has 25 heavy (non-hydrogen) atoms. The van der Waals surface area contributed by atoms with Gasteiger partial charge in [-0.2, -0.15) is 0 Å². The van der Waals surface area contributed by atoms with Gasteiger partial charge in [0.15, 0.2) is 5.78 Å². The number of nitrogens with one attached hydrogen (secondary N) is 1. The number of carbonyl (C=O) groups excluding carboxylic acids is 2. The van der Waals surface area contributed by atoms with Gasteiger partial charge in [-0.05, 0) is 35.7 Å². The fraction of sp³-hybridized carbons (Fsp3) is 0.300. The summed E-state index contributed by atoms with van der Waals surface area (Å²) in [7, 11) is 1.58. The molecule has 1 N–H and O–H groups in total. The van der Waals surface area contributed by atoms with E-state index in [1.165, 1.54) is 0 Å². The lowest BCUT2D eigenvalue weighted by atomic mass is 9.86. The van der Waals surface area contributed by atoms with Crippen LogP contribution in [0.4, 0.5) is 4.79 Å². The molecule has 0 bridgehead atoms. The molecule has 0 heterocycles. The van der Waals surface area contributed by atoms with E-state index >= 15 is 0 Å². The summed E-state index contributed by atoms with van der Waals surface area (Å²) in [5, 5.41) is 2.86. The van der Waals surface area contributed by atoms with Crippen LogP contribution in [0.2, 0.25) is 0 Å². The van der Waals surface area contributed by atoms with Gasteiger partial charge in [-0.15, -0.1) is 0 Å². The summed E-state index contributed by atoms with van der Waals surface area (Å²) in [5.41, 5.74) is 2.55. The highest BCUT2D eigenvalue weighted by Gasteiger charge is 2.27. The van der Waals surface area contributed by atoms with Gasteiger partial charge in [0, 0.05) is 18.4 Å². The first-order valence-electron chi connectivity index (χ1n) is 8.35. The van der Waals surface area contributed by atoms with Crippen LogP contribution in [0.15, 0.2) is 48.5 Å². The van der Waals surface area contributed by atoms with E-state index < -0.39 is 6.09 Å². The molecule has 0 saturated heterocycles. The Morgan fingerprint density at radius 2 is 2.00 bits per heavy atom. The van der Waals surface area contributed by atoms with Crippen LogP contribution >= 0.6 is 0 Å². The molecule has 0 fully saturated rings. The fourth-order valence-electron chi connectivity index (χ4n) is 3.02. The molecular formula is C20H21NO4. The molecule has 1 unspecified atom stereocenters. The molecule has 0 aromatic heterocycles. The van der Waals surface area contributed by atoms with Crippen LogP contribution in [0.1, 0.15) is 40.4 Å². The highest BCUT2D eigenvalue weighted by Crippen LogP contribution is 2.32. The first-order valence-corrected chi connectivity index (χ1v) is 8.35. The summed E-state index contributed by atoms with van der Waals surface area (Å²) >= 11 is 0. The molecule has 1 aliphatic carbocycles. The Labute approximate surface area is 147 Å². The smallest absolute Gasteiger partial charge is 0.407 e. The van der Waals surface area contributed by atoms with Crippen molar-refractivity contribution in [2.24, 2.45) is 0 Å². The highest BCUT2D eigenvalue weighted by molar-refractivity contribution is 5.99. The molecule has 1 atom stereocenters. The van der Waals surface area contributed by atoms with Gasteiger partial charge in [0.1, 0.15) is 5.75 Å². The quantitative estimate of drug-likeness (QED) is 0.902. The Bertz CT molecular complexity index is 758. The zero-order chi connectivity index (χ0) is 17.6. The number of hydrogen-bond acceptors (Lipinski definition) is 4. The molecule has 0 radical (unpaired) electrons. The third-order valence-corrected chi connectivity index (χ3v) is 4.35. The molecule has 2 aromatic carbocycles. The lowest BCUT2D eigenvalue weighted by Gasteiger charge is -2.25. The Morgan fingerprint density at radius 1 is 1.20 bits per heavy atom. The van der Waals surface area contributed by atoms with Crippen molar-refractivity contribution in [1.82, 2.24) is 5.32 Å². The number of methoxy groups -OCH3 is 1. The summed E-state index contributed by atoms with van der Waals surface area (Å²) < 4.78 is 10.5. The number of benzene rings is 2. The maximum atomic E-state index is 12.1. The number of ketones is 1. The van der Waals surface area contributed by atoms with Crippen molar-refractivity contribution in [3.63, 3.8) is 0 Å². The second kappa shape index (κ2) is 7.83. The lowest BCUT2D eigenvalue weighted by Crippen LogP contribution is -2.33. The minimum Gasteiger partial charge on any atom is -0.497 e. The van der Waals surface area contributed by atoms with E-state index in [4.69, 9.17) is 9.47 Å². The lowest BCUT2D eigenvalue weighted by molar-refractivity contribution is 0.0958. The Balaban J connectivity index is 1.60. The molecule has 1 aliphatic rings.